The SMILES string of the molecule is CC(C)Oc1ccc(-c2nc(-c3cccc4c3CC[C@@]43CC(=O)N(CCO)C3)no2)cc1OC(F)F. The van der Waals surface area contributed by atoms with Crippen molar-refractivity contribution < 1.29 is 32.7 Å². The van der Waals surface area contributed by atoms with Gasteiger partial charge in [0, 0.05) is 36.1 Å². The van der Waals surface area contributed by atoms with Gasteiger partial charge >= 0.3 is 6.61 Å². The number of fused-ring (bicyclic) bond motifs is 2. The number of carbonyl (C=O) groups is 1. The van der Waals surface area contributed by atoms with Crippen LogP contribution in [0.15, 0.2) is 40.9 Å². The first-order valence-corrected chi connectivity index (χ1v) is 11.9. The van der Waals surface area contributed by atoms with Crippen molar-refractivity contribution in [3.63, 3.8) is 0 Å². The molecule has 1 atom stereocenters. The van der Waals surface area contributed by atoms with Gasteiger partial charge in [0.25, 0.3) is 5.89 Å². The van der Waals surface area contributed by atoms with E-state index in [2.05, 4.69) is 14.9 Å². The number of hydrogen-bond donors (Lipinski definition) is 1. The summed E-state index contributed by atoms with van der Waals surface area (Å²) in [5, 5.41) is 13.5. The second-order valence-electron chi connectivity index (χ2n) is 9.46. The molecule has 36 heavy (non-hydrogen) atoms. The van der Waals surface area contributed by atoms with Crippen LogP contribution in [-0.2, 0) is 16.6 Å². The minimum absolute atomic E-state index is 0.0517. The molecule has 2 aromatic carbocycles. The molecule has 3 aromatic rings. The lowest BCUT2D eigenvalue weighted by atomic mass is 9.80. The number of alkyl halides is 2. The summed E-state index contributed by atoms with van der Waals surface area (Å²) in [6, 6.07) is 10.5. The molecule has 0 bridgehead atoms. The van der Waals surface area contributed by atoms with Crippen LogP contribution >= 0.6 is 0 Å². The van der Waals surface area contributed by atoms with E-state index in [1.54, 1.807) is 24.8 Å². The summed E-state index contributed by atoms with van der Waals surface area (Å²) >= 11 is 0. The summed E-state index contributed by atoms with van der Waals surface area (Å²) in [6.07, 6.45) is 1.78. The van der Waals surface area contributed by atoms with Crippen molar-refractivity contribution in [2.75, 3.05) is 19.7 Å². The third kappa shape index (κ3) is 4.41. The third-order valence-electron chi connectivity index (χ3n) is 6.74. The average Bonchev–Trinajstić information content (AvgIpc) is 3.53. The molecule has 2 heterocycles. The van der Waals surface area contributed by atoms with Crippen molar-refractivity contribution >= 4 is 5.91 Å². The predicted octanol–water partition coefficient (Wildman–Crippen LogP) is 4.20. The zero-order chi connectivity index (χ0) is 25.4. The first kappa shape index (κ1) is 24.2. The number of carbonyl (C=O) groups excluding carboxylic acids is 1. The van der Waals surface area contributed by atoms with Crippen LogP contribution in [0.4, 0.5) is 8.78 Å². The smallest absolute Gasteiger partial charge is 0.387 e. The molecule has 1 fully saturated rings. The number of amides is 1. The Balaban J connectivity index is 1.46. The third-order valence-corrected chi connectivity index (χ3v) is 6.74. The Bertz CT molecular complexity index is 1280. The Hall–Kier alpha value is -3.53. The summed E-state index contributed by atoms with van der Waals surface area (Å²) < 4.78 is 41.7. The van der Waals surface area contributed by atoms with Gasteiger partial charge < -0.3 is 24.0 Å². The molecule has 190 valence electrons. The van der Waals surface area contributed by atoms with Gasteiger partial charge in [-0.15, -0.1) is 0 Å². The highest BCUT2D eigenvalue weighted by Crippen LogP contribution is 2.48. The van der Waals surface area contributed by atoms with Crippen LogP contribution in [0.2, 0.25) is 0 Å². The standard InChI is InChI=1S/C26H27F2N3O5/c1-15(2)34-20-7-6-16(12-21(20)35-25(27)28)24-29-23(30-36-24)18-4-3-5-19-17(18)8-9-26(19)13-22(33)31(14-26)10-11-32/h3-7,12,15,25,32H,8-11,13-14H2,1-2H3/t26-/m0/s1. The van der Waals surface area contributed by atoms with Gasteiger partial charge in [0.1, 0.15) is 0 Å². The number of hydrogen-bond acceptors (Lipinski definition) is 7. The summed E-state index contributed by atoms with van der Waals surface area (Å²) in [6.45, 7) is 1.43. The fraction of sp³-hybridized carbons (Fsp3) is 0.423. The van der Waals surface area contributed by atoms with Crippen LogP contribution in [0, 0.1) is 0 Å². The van der Waals surface area contributed by atoms with E-state index in [0.29, 0.717) is 30.9 Å². The Morgan fingerprint density at radius 2 is 2.03 bits per heavy atom. The summed E-state index contributed by atoms with van der Waals surface area (Å²) in [7, 11) is 0. The second kappa shape index (κ2) is 9.50. The maximum absolute atomic E-state index is 13.0. The fourth-order valence-electron chi connectivity index (χ4n) is 5.28. The number of ether oxygens (including phenoxy) is 2. The van der Waals surface area contributed by atoms with Crippen LogP contribution < -0.4 is 9.47 Å². The van der Waals surface area contributed by atoms with Crippen molar-refractivity contribution in [2.45, 2.75) is 51.2 Å². The van der Waals surface area contributed by atoms with Gasteiger partial charge in [0.2, 0.25) is 11.7 Å². The molecule has 1 aromatic heterocycles. The van der Waals surface area contributed by atoms with Crippen LogP contribution in [0.1, 0.15) is 37.8 Å². The van der Waals surface area contributed by atoms with E-state index in [1.165, 1.54) is 12.1 Å². The average molecular weight is 500 g/mol. The Morgan fingerprint density at radius 3 is 2.78 bits per heavy atom. The Morgan fingerprint density at radius 1 is 1.19 bits per heavy atom. The number of aliphatic hydroxyl groups excluding tert-OH is 1. The molecule has 1 aliphatic heterocycles. The fourth-order valence-corrected chi connectivity index (χ4v) is 5.28. The first-order chi connectivity index (χ1) is 17.3. The summed E-state index contributed by atoms with van der Waals surface area (Å²) in [4.78, 5) is 18.8. The monoisotopic (exact) mass is 499 g/mol. The summed E-state index contributed by atoms with van der Waals surface area (Å²) in [5.74, 6) is 0.680. The number of rotatable bonds is 8. The quantitative estimate of drug-likeness (QED) is 0.496. The molecule has 0 unspecified atom stereocenters. The number of aliphatic hydroxyl groups is 1. The number of likely N-dealkylation sites (tertiary alicyclic amines) is 1. The normalized spacial score (nSPS) is 19.1. The lowest BCUT2D eigenvalue weighted by Crippen LogP contribution is -2.32. The Kier molecular flexibility index (Phi) is 6.38. The van der Waals surface area contributed by atoms with Crippen LogP contribution in [0.3, 0.4) is 0 Å². The maximum atomic E-state index is 13.0. The number of benzene rings is 2. The number of aromatic nitrogens is 2. The van der Waals surface area contributed by atoms with Crippen molar-refractivity contribution in [3.05, 3.63) is 47.5 Å². The van der Waals surface area contributed by atoms with Crippen molar-refractivity contribution in [3.8, 4) is 34.3 Å². The van der Waals surface area contributed by atoms with E-state index in [0.717, 1.165) is 29.5 Å². The molecule has 1 spiro atoms. The van der Waals surface area contributed by atoms with Gasteiger partial charge in [-0.1, -0.05) is 23.4 Å². The van der Waals surface area contributed by atoms with Gasteiger partial charge in [-0.2, -0.15) is 13.8 Å². The highest BCUT2D eigenvalue weighted by atomic mass is 19.3. The zero-order valence-corrected chi connectivity index (χ0v) is 20.0. The molecular weight excluding hydrogens is 472 g/mol. The molecule has 10 heteroatoms. The van der Waals surface area contributed by atoms with Gasteiger partial charge in [-0.25, -0.2) is 0 Å². The van der Waals surface area contributed by atoms with Crippen molar-refractivity contribution in [2.24, 2.45) is 0 Å². The number of halogens is 2. The van der Waals surface area contributed by atoms with Crippen LogP contribution in [0.25, 0.3) is 22.8 Å². The van der Waals surface area contributed by atoms with Crippen LogP contribution in [-0.4, -0.2) is 58.5 Å². The van der Waals surface area contributed by atoms with E-state index >= 15 is 0 Å². The molecule has 1 N–H and O–H groups in total. The molecular formula is C26H27F2N3O5. The van der Waals surface area contributed by atoms with Gasteiger partial charge in [0.15, 0.2) is 11.5 Å². The highest BCUT2D eigenvalue weighted by Gasteiger charge is 2.48. The molecule has 1 amide bonds. The highest BCUT2D eigenvalue weighted by molar-refractivity contribution is 5.82. The largest absolute Gasteiger partial charge is 0.487 e. The van der Waals surface area contributed by atoms with Gasteiger partial charge in [-0.05, 0) is 56.0 Å². The first-order valence-electron chi connectivity index (χ1n) is 11.9. The molecule has 1 saturated heterocycles. The van der Waals surface area contributed by atoms with E-state index in [1.807, 2.05) is 18.2 Å². The predicted molar refractivity (Wildman–Crippen MR) is 126 cm³/mol. The van der Waals surface area contributed by atoms with E-state index in [4.69, 9.17) is 9.26 Å². The molecule has 1 aliphatic carbocycles. The summed E-state index contributed by atoms with van der Waals surface area (Å²) in [5.41, 5.74) is 3.13. The minimum Gasteiger partial charge on any atom is -0.487 e. The minimum atomic E-state index is -3.01. The van der Waals surface area contributed by atoms with E-state index in [9.17, 15) is 18.7 Å². The number of β-amino-alcohol motifs (C(OH)–C–C–N with tert-alkyl or cyclic N) is 1. The van der Waals surface area contributed by atoms with E-state index in [-0.39, 0.29) is 41.4 Å². The van der Waals surface area contributed by atoms with Crippen LogP contribution in [0.5, 0.6) is 11.5 Å². The molecule has 0 radical (unpaired) electrons. The van der Waals surface area contributed by atoms with Gasteiger partial charge in [0.05, 0.1) is 12.7 Å². The van der Waals surface area contributed by atoms with Crippen molar-refractivity contribution in [1.82, 2.24) is 15.0 Å². The molecule has 5 rings (SSSR count). The lowest BCUT2D eigenvalue weighted by Gasteiger charge is -2.24. The maximum Gasteiger partial charge on any atom is 0.387 e. The molecule has 0 saturated carbocycles. The van der Waals surface area contributed by atoms with E-state index < -0.39 is 6.61 Å². The molecule has 8 nitrogen and oxygen atoms in total. The second-order valence-corrected chi connectivity index (χ2v) is 9.46. The topological polar surface area (TPSA) is 97.9 Å². The lowest BCUT2D eigenvalue weighted by molar-refractivity contribution is -0.128. The molecule has 2 aliphatic rings. The zero-order valence-electron chi connectivity index (χ0n) is 20.0. The Labute approximate surface area is 206 Å². The van der Waals surface area contributed by atoms with Crippen molar-refractivity contribution in [1.29, 1.82) is 0 Å². The van der Waals surface area contributed by atoms with Gasteiger partial charge in [-0.3, -0.25) is 4.79 Å². The number of nitrogens with zero attached hydrogens (tertiary/aromatic N) is 3.